The topological polar surface area (TPSA) is 62.3 Å². The molecule has 1 N–H and O–H groups in total. The maximum Gasteiger partial charge on any atom is 0.227 e. The molecule has 6 heteroatoms. The Kier molecular flexibility index (Phi) is 4.62. The van der Waals surface area contributed by atoms with E-state index in [0.29, 0.717) is 10.8 Å². The predicted molar refractivity (Wildman–Crippen MR) is 93.2 cm³/mol. The molecule has 1 aliphatic rings. The largest absolute Gasteiger partial charge is 0.311 e. The number of hydrogen-bond donors (Lipinski definition) is 1. The van der Waals surface area contributed by atoms with E-state index in [4.69, 9.17) is 11.6 Å². The van der Waals surface area contributed by atoms with Crippen LogP contribution in [0.3, 0.4) is 0 Å². The molecule has 24 heavy (non-hydrogen) atoms. The zero-order chi connectivity index (χ0) is 17.1. The molecule has 0 fully saturated rings. The third-order valence-electron chi connectivity index (χ3n) is 3.84. The second-order valence-electron chi connectivity index (χ2n) is 5.50. The Labute approximate surface area is 145 Å². The van der Waals surface area contributed by atoms with Crippen LogP contribution in [0.1, 0.15) is 30.5 Å². The monoisotopic (exact) mass is 341 g/mol. The van der Waals surface area contributed by atoms with E-state index in [1.807, 2.05) is 30.3 Å². The minimum atomic E-state index is -0.337. The van der Waals surface area contributed by atoms with Crippen LogP contribution in [-0.2, 0) is 9.59 Å². The van der Waals surface area contributed by atoms with Gasteiger partial charge in [-0.05, 0) is 29.3 Å². The van der Waals surface area contributed by atoms with Gasteiger partial charge in [-0.25, -0.2) is 4.98 Å². The second-order valence-corrected chi connectivity index (χ2v) is 5.94. The third-order valence-corrected chi connectivity index (χ3v) is 4.07. The Morgan fingerprint density at radius 1 is 1.25 bits per heavy atom. The number of rotatable bonds is 3. The molecule has 0 aliphatic carbocycles. The highest BCUT2D eigenvalue weighted by atomic mass is 35.5. The molecule has 0 saturated carbocycles. The van der Waals surface area contributed by atoms with Crippen LogP contribution >= 0.6 is 11.6 Å². The normalized spacial score (nSPS) is 15.8. The van der Waals surface area contributed by atoms with Gasteiger partial charge >= 0.3 is 0 Å². The lowest BCUT2D eigenvalue weighted by molar-refractivity contribution is -0.129. The zero-order valence-electron chi connectivity index (χ0n) is 13.1. The summed E-state index contributed by atoms with van der Waals surface area (Å²) in [4.78, 5) is 29.9. The van der Waals surface area contributed by atoms with E-state index >= 15 is 0 Å². The second kappa shape index (κ2) is 6.84. The maximum absolute atomic E-state index is 12.4. The van der Waals surface area contributed by atoms with E-state index in [2.05, 4.69) is 10.3 Å². The highest BCUT2D eigenvalue weighted by molar-refractivity contribution is 6.30. The quantitative estimate of drug-likeness (QED) is 0.927. The van der Waals surface area contributed by atoms with Gasteiger partial charge in [-0.1, -0.05) is 35.9 Å². The van der Waals surface area contributed by atoms with E-state index in [-0.39, 0.29) is 24.3 Å². The standard InChI is InChI=1S/C18H16ClN3O2/c1-12(23)22-9-8-13-4-2-3-5-15(13)16(22)10-18(24)21-17-7-6-14(19)11-20-17/h2-9,11,16H,10H2,1H3,(H,20,21,24). The molecule has 1 aromatic heterocycles. The van der Waals surface area contributed by atoms with Crippen molar-refractivity contribution in [2.45, 2.75) is 19.4 Å². The molecule has 0 spiro atoms. The summed E-state index contributed by atoms with van der Waals surface area (Å²) < 4.78 is 0. The molecular formula is C18H16ClN3O2. The van der Waals surface area contributed by atoms with Gasteiger partial charge in [0.1, 0.15) is 5.82 Å². The number of carbonyl (C=O) groups is 2. The van der Waals surface area contributed by atoms with Crippen molar-refractivity contribution < 1.29 is 9.59 Å². The number of nitrogens with one attached hydrogen (secondary N) is 1. The average Bonchev–Trinajstić information content (AvgIpc) is 2.57. The Bertz CT molecular complexity index is 802. The molecule has 2 aromatic rings. The summed E-state index contributed by atoms with van der Waals surface area (Å²) in [6.07, 6.45) is 5.22. The van der Waals surface area contributed by atoms with Crippen LogP contribution in [0.5, 0.6) is 0 Å². The van der Waals surface area contributed by atoms with Gasteiger partial charge in [0.2, 0.25) is 11.8 Å². The predicted octanol–water partition coefficient (Wildman–Crippen LogP) is 3.64. The van der Waals surface area contributed by atoms with Gasteiger partial charge in [-0.15, -0.1) is 0 Å². The molecule has 1 aliphatic heterocycles. The Morgan fingerprint density at radius 2 is 2.04 bits per heavy atom. The summed E-state index contributed by atoms with van der Waals surface area (Å²) in [6, 6.07) is 10.7. The first-order valence-corrected chi connectivity index (χ1v) is 7.90. The van der Waals surface area contributed by atoms with Crippen LogP contribution in [-0.4, -0.2) is 21.7 Å². The number of aromatic nitrogens is 1. The summed E-state index contributed by atoms with van der Waals surface area (Å²) in [5.41, 5.74) is 1.96. The fourth-order valence-electron chi connectivity index (χ4n) is 2.73. The Hall–Kier alpha value is -2.66. The van der Waals surface area contributed by atoms with E-state index in [1.165, 1.54) is 13.1 Å². The van der Waals surface area contributed by atoms with Crippen molar-refractivity contribution in [3.05, 3.63) is 64.9 Å². The molecule has 1 atom stereocenters. The van der Waals surface area contributed by atoms with E-state index in [1.54, 1.807) is 23.2 Å². The summed E-state index contributed by atoms with van der Waals surface area (Å²) in [6.45, 7) is 1.49. The van der Waals surface area contributed by atoms with Gasteiger partial charge in [0.15, 0.2) is 0 Å². The van der Waals surface area contributed by atoms with Crippen LogP contribution in [0.4, 0.5) is 5.82 Å². The lowest BCUT2D eigenvalue weighted by atomic mass is 9.93. The van der Waals surface area contributed by atoms with Crippen LogP contribution in [0.25, 0.3) is 6.08 Å². The van der Waals surface area contributed by atoms with E-state index in [9.17, 15) is 9.59 Å². The van der Waals surface area contributed by atoms with Crippen molar-refractivity contribution in [1.29, 1.82) is 0 Å². The molecule has 1 unspecified atom stereocenters. The highest BCUT2D eigenvalue weighted by Gasteiger charge is 2.28. The highest BCUT2D eigenvalue weighted by Crippen LogP contribution is 2.33. The first-order valence-electron chi connectivity index (χ1n) is 7.52. The van der Waals surface area contributed by atoms with Crippen molar-refractivity contribution >= 4 is 35.3 Å². The fourth-order valence-corrected chi connectivity index (χ4v) is 2.84. The SMILES string of the molecule is CC(=O)N1C=Cc2ccccc2C1CC(=O)Nc1ccc(Cl)cn1. The first-order chi connectivity index (χ1) is 11.5. The average molecular weight is 342 g/mol. The molecule has 0 bridgehead atoms. The molecule has 0 radical (unpaired) electrons. The molecule has 1 aromatic carbocycles. The van der Waals surface area contributed by atoms with Gasteiger partial charge in [-0.3, -0.25) is 9.59 Å². The summed E-state index contributed by atoms with van der Waals surface area (Å²) >= 11 is 5.79. The molecular weight excluding hydrogens is 326 g/mol. The number of amides is 2. The summed E-state index contributed by atoms with van der Waals surface area (Å²) in [7, 11) is 0. The molecule has 3 rings (SSSR count). The lowest BCUT2D eigenvalue weighted by Crippen LogP contribution is -2.33. The molecule has 2 amide bonds. The van der Waals surface area contributed by atoms with Gasteiger partial charge in [0.25, 0.3) is 0 Å². The minimum Gasteiger partial charge on any atom is -0.311 e. The number of anilines is 1. The van der Waals surface area contributed by atoms with Crippen LogP contribution in [0.15, 0.2) is 48.8 Å². The summed E-state index contributed by atoms with van der Waals surface area (Å²) in [5, 5.41) is 3.24. The Balaban J connectivity index is 1.80. The van der Waals surface area contributed by atoms with Gasteiger partial charge < -0.3 is 10.2 Å². The van der Waals surface area contributed by atoms with Crippen LogP contribution in [0.2, 0.25) is 5.02 Å². The summed E-state index contributed by atoms with van der Waals surface area (Å²) in [5.74, 6) is 0.104. The van der Waals surface area contributed by atoms with Crippen molar-refractivity contribution in [2.24, 2.45) is 0 Å². The van der Waals surface area contributed by atoms with Crippen molar-refractivity contribution in [3.8, 4) is 0 Å². The number of carbonyl (C=O) groups excluding carboxylic acids is 2. The minimum absolute atomic E-state index is 0.108. The zero-order valence-corrected chi connectivity index (χ0v) is 13.8. The first kappa shape index (κ1) is 16.2. The lowest BCUT2D eigenvalue weighted by Gasteiger charge is -2.32. The number of pyridine rings is 1. The maximum atomic E-state index is 12.4. The number of benzene rings is 1. The van der Waals surface area contributed by atoms with Crippen molar-refractivity contribution in [3.63, 3.8) is 0 Å². The molecule has 0 saturated heterocycles. The molecule has 2 heterocycles. The third kappa shape index (κ3) is 3.46. The van der Waals surface area contributed by atoms with Gasteiger partial charge in [0.05, 0.1) is 17.5 Å². The van der Waals surface area contributed by atoms with E-state index < -0.39 is 0 Å². The number of hydrogen-bond acceptors (Lipinski definition) is 3. The van der Waals surface area contributed by atoms with Crippen molar-refractivity contribution in [1.82, 2.24) is 9.88 Å². The molecule has 122 valence electrons. The number of fused-ring (bicyclic) bond motifs is 1. The van der Waals surface area contributed by atoms with E-state index in [0.717, 1.165) is 11.1 Å². The fraction of sp³-hybridized carbons (Fsp3) is 0.167. The molecule has 5 nitrogen and oxygen atoms in total. The van der Waals surface area contributed by atoms with Gasteiger partial charge in [-0.2, -0.15) is 0 Å². The number of nitrogens with zero attached hydrogens (tertiary/aromatic N) is 2. The number of halogens is 1. The van der Waals surface area contributed by atoms with Crippen LogP contribution in [0, 0.1) is 0 Å². The van der Waals surface area contributed by atoms with Gasteiger partial charge in [0, 0.05) is 19.3 Å². The smallest absolute Gasteiger partial charge is 0.227 e. The van der Waals surface area contributed by atoms with Crippen LogP contribution < -0.4 is 5.32 Å². The Morgan fingerprint density at radius 3 is 2.75 bits per heavy atom. The van der Waals surface area contributed by atoms with Crippen molar-refractivity contribution in [2.75, 3.05) is 5.32 Å².